The van der Waals surface area contributed by atoms with Crippen LogP contribution in [0.1, 0.15) is 17.2 Å². The molecule has 2 heteroatoms. The van der Waals surface area contributed by atoms with E-state index in [2.05, 4.69) is 52.3 Å². The number of hydrogen-bond donors (Lipinski definition) is 1. The van der Waals surface area contributed by atoms with Crippen LogP contribution in [0.5, 0.6) is 0 Å². The van der Waals surface area contributed by atoms with Crippen molar-refractivity contribution in [3.63, 3.8) is 0 Å². The summed E-state index contributed by atoms with van der Waals surface area (Å²) in [5.74, 6) is 0. The van der Waals surface area contributed by atoms with Crippen LogP contribution in [-0.4, -0.2) is 5.11 Å². The highest BCUT2D eigenvalue weighted by Crippen LogP contribution is 2.34. The smallest absolute Gasteiger partial charge is 0.105 e. The van der Waals surface area contributed by atoms with Crippen LogP contribution in [0.15, 0.2) is 83.3 Å². The zero-order chi connectivity index (χ0) is 15.8. The highest BCUT2D eigenvalue weighted by Gasteiger charge is 2.16. The molecular formula is C21H15BrO. The summed E-state index contributed by atoms with van der Waals surface area (Å²) in [6.07, 6.45) is -0.663. The van der Waals surface area contributed by atoms with Crippen molar-refractivity contribution in [1.29, 1.82) is 0 Å². The van der Waals surface area contributed by atoms with Gasteiger partial charge in [-0.1, -0.05) is 82.7 Å². The lowest BCUT2D eigenvalue weighted by Gasteiger charge is -2.17. The highest BCUT2D eigenvalue weighted by molar-refractivity contribution is 9.10. The van der Waals surface area contributed by atoms with Crippen LogP contribution in [0.25, 0.3) is 21.5 Å². The summed E-state index contributed by atoms with van der Waals surface area (Å²) in [4.78, 5) is 0. The molecule has 0 aromatic heterocycles. The van der Waals surface area contributed by atoms with E-state index in [1.54, 1.807) is 0 Å². The Bertz CT molecular complexity index is 1000. The monoisotopic (exact) mass is 362 g/mol. The minimum absolute atomic E-state index is 0.663. The van der Waals surface area contributed by atoms with Crippen molar-refractivity contribution < 1.29 is 5.11 Å². The predicted molar refractivity (Wildman–Crippen MR) is 99.7 cm³/mol. The van der Waals surface area contributed by atoms with E-state index in [1.807, 2.05) is 42.5 Å². The quantitative estimate of drug-likeness (QED) is 0.475. The Morgan fingerprint density at radius 1 is 0.652 bits per heavy atom. The molecule has 0 bridgehead atoms. The van der Waals surface area contributed by atoms with Gasteiger partial charge in [0, 0.05) is 4.47 Å². The Morgan fingerprint density at radius 2 is 1.26 bits per heavy atom. The Kier molecular flexibility index (Phi) is 3.64. The lowest BCUT2D eigenvalue weighted by molar-refractivity contribution is 0.223. The number of aliphatic hydroxyl groups excluding tert-OH is 1. The summed E-state index contributed by atoms with van der Waals surface area (Å²) in [7, 11) is 0. The van der Waals surface area contributed by atoms with E-state index in [1.165, 1.54) is 0 Å². The molecule has 0 saturated heterocycles. The third kappa shape index (κ3) is 2.54. The Hall–Kier alpha value is -2.16. The van der Waals surface area contributed by atoms with Crippen molar-refractivity contribution in [3.8, 4) is 0 Å². The maximum atomic E-state index is 11.1. The van der Waals surface area contributed by atoms with E-state index in [0.717, 1.165) is 37.1 Å². The summed E-state index contributed by atoms with van der Waals surface area (Å²) in [6.45, 7) is 0. The molecule has 0 aliphatic carbocycles. The van der Waals surface area contributed by atoms with Gasteiger partial charge in [-0.3, -0.25) is 0 Å². The predicted octanol–water partition coefficient (Wildman–Crippen LogP) is 5.84. The first kappa shape index (κ1) is 14.4. The van der Waals surface area contributed by atoms with Crippen LogP contribution in [0.3, 0.4) is 0 Å². The van der Waals surface area contributed by atoms with Gasteiger partial charge in [0.1, 0.15) is 6.10 Å². The third-order valence-electron chi connectivity index (χ3n) is 4.27. The van der Waals surface area contributed by atoms with Crippen LogP contribution in [0.2, 0.25) is 0 Å². The van der Waals surface area contributed by atoms with E-state index >= 15 is 0 Å². The Balaban J connectivity index is 1.97. The van der Waals surface area contributed by atoms with Crippen molar-refractivity contribution in [2.45, 2.75) is 6.10 Å². The topological polar surface area (TPSA) is 20.2 Å². The zero-order valence-corrected chi connectivity index (χ0v) is 14.0. The second-order valence-corrected chi connectivity index (χ2v) is 6.60. The number of halogens is 1. The van der Waals surface area contributed by atoms with Crippen molar-refractivity contribution >= 4 is 37.5 Å². The van der Waals surface area contributed by atoms with Gasteiger partial charge in [-0.05, 0) is 44.8 Å². The van der Waals surface area contributed by atoms with Gasteiger partial charge in [-0.25, -0.2) is 0 Å². The van der Waals surface area contributed by atoms with Gasteiger partial charge < -0.3 is 5.11 Å². The second kappa shape index (κ2) is 5.80. The summed E-state index contributed by atoms with van der Waals surface area (Å²) in [5, 5.41) is 15.5. The first-order valence-corrected chi connectivity index (χ1v) is 8.37. The number of benzene rings is 4. The van der Waals surface area contributed by atoms with Crippen molar-refractivity contribution in [3.05, 3.63) is 94.5 Å². The fraction of sp³-hybridized carbons (Fsp3) is 0.0476. The Morgan fingerprint density at radius 3 is 2.04 bits per heavy atom. The molecule has 4 aromatic carbocycles. The number of aliphatic hydroxyl groups is 1. The molecular weight excluding hydrogens is 348 g/mol. The van der Waals surface area contributed by atoms with Crippen LogP contribution >= 0.6 is 15.9 Å². The summed E-state index contributed by atoms with van der Waals surface area (Å²) in [5.41, 5.74) is 1.86. The second-order valence-electron chi connectivity index (χ2n) is 5.69. The number of rotatable bonds is 2. The SMILES string of the molecule is OC(c1cccc2ccccc12)c1cc(Br)cc2ccccc12. The largest absolute Gasteiger partial charge is 0.384 e. The molecule has 0 aliphatic rings. The average Bonchev–Trinajstić information content (AvgIpc) is 2.60. The first-order valence-electron chi connectivity index (χ1n) is 7.58. The Labute approximate surface area is 143 Å². The molecule has 1 N–H and O–H groups in total. The minimum atomic E-state index is -0.663. The maximum absolute atomic E-state index is 11.1. The van der Waals surface area contributed by atoms with Crippen LogP contribution < -0.4 is 0 Å². The van der Waals surface area contributed by atoms with E-state index in [4.69, 9.17) is 0 Å². The molecule has 1 nitrogen and oxygen atoms in total. The third-order valence-corrected chi connectivity index (χ3v) is 4.73. The van der Waals surface area contributed by atoms with Gasteiger partial charge in [-0.15, -0.1) is 0 Å². The average molecular weight is 363 g/mol. The number of fused-ring (bicyclic) bond motifs is 2. The van der Waals surface area contributed by atoms with Crippen molar-refractivity contribution in [2.24, 2.45) is 0 Å². The molecule has 4 rings (SSSR count). The molecule has 1 atom stereocenters. The maximum Gasteiger partial charge on any atom is 0.105 e. The molecule has 0 fully saturated rings. The molecule has 0 saturated carbocycles. The van der Waals surface area contributed by atoms with Gasteiger partial charge in [0.05, 0.1) is 0 Å². The van der Waals surface area contributed by atoms with E-state index in [-0.39, 0.29) is 0 Å². The zero-order valence-electron chi connectivity index (χ0n) is 12.4. The van der Waals surface area contributed by atoms with Crippen LogP contribution in [0, 0.1) is 0 Å². The fourth-order valence-electron chi connectivity index (χ4n) is 3.18. The van der Waals surface area contributed by atoms with Crippen molar-refractivity contribution in [1.82, 2.24) is 0 Å². The standard InChI is InChI=1S/C21H15BrO/c22-16-12-15-7-2-4-10-18(15)20(13-16)21(23)19-11-5-8-14-6-1-3-9-17(14)19/h1-13,21,23H. The van der Waals surface area contributed by atoms with Crippen molar-refractivity contribution in [2.75, 3.05) is 0 Å². The lowest BCUT2D eigenvalue weighted by atomic mass is 9.93. The first-order chi connectivity index (χ1) is 11.2. The molecule has 0 amide bonds. The van der Waals surface area contributed by atoms with Crippen LogP contribution in [0.4, 0.5) is 0 Å². The van der Waals surface area contributed by atoms with Gasteiger partial charge in [0.2, 0.25) is 0 Å². The van der Waals surface area contributed by atoms with Gasteiger partial charge in [-0.2, -0.15) is 0 Å². The summed E-state index contributed by atoms with van der Waals surface area (Å²) < 4.78 is 0.977. The molecule has 0 aliphatic heterocycles. The summed E-state index contributed by atoms with van der Waals surface area (Å²) in [6, 6.07) is 26.5. The molecule has 0 heterocycles. The number of hydrogen-bond acceptors (Lipinski definition) is 1. The molecule has 0 radical (unpaired) electrons. The molecule has 23 heavy (non-hydrogen) atoms. The molecule has 112 valence electrons. The van der Waals surface area contributed by atoms with Gasteiger partial charge in [0.15, 0.2) is 0 Å². The molecule has 0 spiro atoms. The normalized spacial score (nSPS) is 12.6. The summed E-state index contributed by atoms with van der Waals surface area (Å²) >= 11 is 3.56. The van der Waals surface area contributed by atoms with E-state index in [9.17, 15) is 5.11 Å². The lowest BCUT2D eigenvalue weighted by Crippen LogP contribution is -2.01. The van der Waals surface area contributed by atoms with E-state index in [0.29, 0.717) is 0 Å². The fourth-order valence-corrected chi connectivity index (χ4v) is 3.68. The van der Waals surface area contributed by atoms with Gasteiger partial charge >= 0.3 is 0 Å². The molecule has 1 unspecified atom stereocenters. The van der Waals surface area contributed by atoms with Gasteiger partial charge in [0.25, 0.3) is 0 Å². The van der Waals surface area contributed by atoms with E-state index < -0.39 is 6.10 Å². The molecule has 4 aromatic rings. The minimum Gasteiger partial charge on any atom is -0.384 e. The highest BCUT2D eigenvalue weighted by atomic mass is 79.9. The van der Waals surface area contributed by atoms with Crippen LogP contribution in [-0.2, 0) is 0 Å².